The zero-order chi connectivity index (χ0) is 9.68. The van der Waals surface area contributed by atoms with Crippen molar-refractivity contribution >= 4 is 21.7 Å². The van der Waals surface area contributed by atoms with Crippen molar-refractivity contribution in [2.75, 3.05) is 0 Å². The summed E-state index contributed by atoms with van der Waals surface area (Å²) >= 11 is 3.36. The lowest BCUT2D eigenvalue weighted by molar-refractivity contribution is 0.0961. The topological polar surface area (TPSA) is 30.2 Å². The summed E-state index contributed by atoms with van der Waals surface area (Å²) in [6.45, 7) is 2.11. The lowest BCUT2D eigenvalue weighted by Gasteiger charge is -2.04. The van der Waals surface area contributed by atoms with E-state index in [1.807, 2.05) is 0 Å². The predicted octanol–water partition coefficient (Wildman–Crippen LogP) is 3.42. The summed E-state index contributed by atoms with van der Waals surface area (Å²) in [7, 11) is 0. The number of rotatable bonds is 5. The second-order valence-electron chi connectivity index (χ2n) is 2.95. The highest BCUT2D eigenvalue weighted by Crippen LogP contribution is 2.16. The van der Waals surface area contributed by atoms with Gasteiger partial charge in [-0.3, -0.25) is 4.79 Å². The van der Waals surface area contributed by atoms with E-state index in [2.05, 4.69) is 22.9 Å². The van der Waals surface area contributed by atoms with Gasteiger partial charge in [0.1, 0.15) is 0 Å². The molecule has 0 aliphatic carbocycles. The van der Waals surface area contributed by atoms with Crippen LogP contribution >= 0.6 is 15.9 Å². The number of Topliss-reactive ketones (excluding diaryl/α,β-unsaturated/α-hetero) is 1. The normalized spacial score (nSPS) is 12.8. The van der Waals surface area contributed by atoms with Gasteiger partial charge in [0.2, 0.25) is 5.78 Å². The van der Waals surface area contributed by atoms with Crippen LogP contribution in [0.5, 0.6) is 0 Å². The SMILES string of the molecule is CCCCC(Br)C(=O)c1ccco1. The lowest BCUT2D eigenvalue weighted by Crippen LogP contribution is -2.13. The first-order valence-corrected chi connectivity index (χ1v) is 5.39. The van der Waals surface area contributed by atoms with E-state index in [4.69, 9.17) is 4.42 Å². The third kappa shape index (κ3) is 2.99. The van der Waals surface area contributed by atoms with Gasteiger partial charge in [0.05, 0.1) is 11.1 Å². The van der Waals surface area contributed by atoms with Gasteiger partial charge in [-0.2, -0.15) is 0 Å². The Morgan fingerprint density at radius 1 is 1.69 bits per heavy atom. The third-order valence-corrected chi connectivity index (χ3v) is 2.73. The molecule has 1 atom stereocenters. The van der Waals surface area contributed by atoms with Crippen LogP contribution in [-0.4, -0.2) is 10.6 Å². The molecule has 13 heavy (non-hydrogen) atoms. The monoisotopic (exact) mass is 244 g/mol. The minimum Gasteiger partial charge on any atom is -0.461 e. The van der Waals surface area contributed by atoms with Gasteiger partial charge in [0.25, 0.3) is 0 Å². The summed E-state index contributed by atoms with van der Waals surface area (Å²) in [5, 5.41) is 0. The molecule has 2 nitrogen and oxygen atoms in total. The highest BCUT2D eigenvalue weighted by atomic mass is 79.9. The minimum absolute atomic E-state index is 0.0402. The van der Waals surface area contributed by atoms with Gasteiger partial charge in [-0.05, 0) is 18.6 Å². The summed E-state index contributed by atoms with van der Waals surface area (Å²) in [5.41, 5.74) is 0. The molecule has 0 saturated heterocycles. The molecule has 1 heterocycles. The average Bonchev–Trinajstić information content (AvgIpc) is 2.65. The number of hydrogen-bond donors (Lipinski definition) is 0. The molecule has 0 amide bonds. The van der Waals surface area contributed by atoms with Crippen molar-refractivity contribution in [3.8, 4) is 0 Å². The van der Waals surface area contributed by atoms with Gasteiger partial charge in [-0.25, -0.2) is 0 Å². The van der Waals surface area contributed by atoms with Crippen LogP contribution in [0.15, 0.2) is 22.8 Å². The quantitative estimate of drug-likeness (QED) is 0.587. The van der Waals surface area contributed by atoms with Crippen molar-refractivity contribution in [3.05, 3.63) is 24.2 Å². The van der Waals surface area contributed by atoms with E-state index in [0.29, 0.717) is 5.76 Å². The number of hydrogen-bond acceptors (Lipinski definition) is 2. The first kappa shape index (κ1) is 10.5. The van der Waals surface area contributed by atoms with E-state index < -0.39 is 0 Å². The number of furan rings is 1. The molecule has 0 fully saturated rings. The molecule has 0 spiro atoms. The standard InChI is InChI=1S/C10H13BrO2/c1-2-3-5-8(11)10(12)9-6-4-7-13-9/h4,6-8H,2-3,5H2,1H3. The van der Waals surface area contributed by atoms with E-state index in [1.54, 1.807) is 12.1 Å². The maximum Gasteiger partial charge on any atom is 0.211 e. The number of ketones is 1. The molecule has 0 bridgehead atoms. The first-order valence-electron chi connectivity index (χ1n) is 4.47. The smallest absolute Gasteiger partial charge is 0.211 e. The molecule has 1 aromatic heterocycles. The van der Waals surface area contributed by atoms with Gasteiger partial charge in [0, 0.05) is 0 Å². The van der Waals surface area contributed by atoms with Crippen molar-refractivity contribution < 1.29 is 9.21 Å². The fourth-order valence-corrected chi connectivity index (χ4v) is 1.64. The number of alkyl halides is 1. The van der Waals surface area contributed by atoms with Crippen molar-refractivity contribution in [2.24, 2.45) is 0 Å². The third-order valence-electron chi connectivity index (χ3n) is 1.86. The molecular formula is C10H13BrO2. The Balaban J connectivity index is 2.48. The van der Waals surface area contributed by atoms with Crippen LogP contribution in [0.3, 0.4) is 0 Å². The Bertz CT molecular complexity index is 254. The Labute approximate surface area is 86.4 Å². The molecule has 0 aliphatic rings. The summed E-state index contributed by atoms with van der Waals surface area (Å²) in [6.07, 6.45) is 4.55. The van der Waals surface area contributed by atoms with Crippen molar-refractivity contribution in [1.82, 2.24) is 0 Å². The Morgan fingerprint density at radius 2 is 2.46 bits per heavy atom. The zero-order valence-corrected chi connectivity index (χ0v) is 9.21. The maximum atomic E-state index is 11.6. The Morgan fingerprint density at radius 3 is 3.00 bits per heavy atom. The molecule has 0 aromatic carbocycles. The Hall–Kier alpha value is -0.570. The largest absolute Gasteiger partial charge is 0.461 e. The van der Waals surface area contributed by atoms with E-state index in [1.165, 1.54) is 6.26 Å². The van der Waals surface area contributed by atoms with Gasteiger partial charge >= 0.3 is 0 Å². The molecule has 1 aromatic rings. The van der Waals surface area contributed by atoms with Crippen LogP contribution in [0.1, 0.15) is 36.7 Å². The summed E-state index contributed by atoms with van der Waals surface area (Å²) < 4.78 is 5.02. The van der Waals surface area contributed by atoms with Crippen LogP contribution in [0.2, 0.25) is 0 Å². The van der Waals surface area contributed by atoms with Crippen molar-refractivity contribution in [3.63, 3.8) is 0 Å². The molecule has 0 N–H and O–H groups in total. The van der Waals surface area contributed by atoms with Gasteiger partial charge in [0.15, 0.2) is 5.76 Å². The first-order chi connectivity index (χ1) is 6.25. The molecule has 0 radical (unpaired) electrons. The summed E-state index contributed by atoms with van der Waals surface area (Å²) in [4.78, 5) is 11.5. The van der Waals surface area contributed by atoms with Gasteiger partial charge < -0.3 is 4.42 Å². The fraction of sp³-hybridized carbons (Fsp3) is 0.500. The molecule has 1 rings (SSSR count). The second kappa shape index (κ2) is 5.22. The van der Waals surface area contributed by atoms with Crippen LogP contribution in [0.25, 0.3) is 0 Å². The molecule has 0 saturated carbocycles. The van der Waals surface area contributed by atoms with Crippen LogP contribution in [0.4, 0.5) is 0 Å². The maximum absolute atomic E-state index is 11.6. The van der Waals surface area contributed by atoms with E-state index >= 15 is 0 Å². The summed E-state index contributed by atoms with van der Waals surface area (Å²) in [5.74, 6) is 0.483. The zero-order valence-electron chi connectivity index (χ0n) is 7.63. The van der Waals surface area contributed by atoms with Gasteiger partial charge in [-0.15, -0.1) is 0 Å². The van der Waals surface area contributed by atoms with E-state index in [0.717, 1.165) is 19.3 Å². The predicted molar refractivity (Wildman–Crippen MR) is 55.3 cm³/mol. The number of halogens is 1. The van der Waals surface area contributed by atoms with Crippen molar-refractivity contribution in [1.29, 1.82) is 0 Å². The molecular weight excluding hydrogens is 232 g/mol. The highest BCUT2D eigenvalue weighted by Gasteiger charge is 2.18. The van der Waals surface area contributed by atoms with E-state index in [9.17, 15) is 4.79 Å². The summed E-state index contributed by atoms with van der Waals surface area (Å²) in [6, 6.07) is 3.43. The molecule has 3 heteroatoms. The molecule has 0 aliphatic heterocycles. The van der Waals surface area contributed by atoms with Crippen molar-refractivity contribution in [2.45, 2.75) is 31.0 Å². The minimum atomic E-state index is -0.0985. The number of carbonyl (C=O) groups excluding carboxylic acids is 1. The van der Waals surface area contributed by atoms with Gasteiger partial charge in [-0.1, -0.05) is 35.7 Å². The second-order valence-corrected chi connectivity index (χ2v) is 4.06. The Kier molecular flexibility index (Phi) is 4.22. The van der Waals surface area contributed by atoms with E-state index in [-0.39, 0.29) is 10.6 Å². The number of unbranched alkanes of at least 4 members (excludes halogenated alkanes) is 1. The number of carbonyl (C=O) groups is 1. The molecule has 72 valence electrons. The fourth-order valence-electron chi connectivity index (χ4n) is 1.09. The molecule has 1 unspecified atom stereocenters. The van der Waals surface area contributed by atoms with Crippen LogP contribution < -0.4 is 0 Å². The average molecular weight is 245 g/mol. The highest BCUT2D eigenvalue weighted by molar-refractivity contribution is 9.10. The van der Waals surface area contributed by atoms with Crippen LogP contribution in [-0.2, 0) is 0 Å². The van der Waals surface area contributed by atoms with Crippen LogP contribution in [0, 0.1) is 0 Å². The lowest BCUT2D eigenvalue weighted by atomic mass is 10.1.